The number of aromatic nitrogens is 1. The summed E-state index contributed by atoms with van der Waals surface area (Å²) in [6.07, 6.45) is 1.35. The molecular formula is C22H31N3O3S2. The molecule has 2 rings (SSSR count). The first-order valence-electron chi connectivity index (χ1n) is 10.0. The van der Waals surface area contributed by atoms with E-state index in [1.807, 2.05) is 24.3 Å². The van der Waals surface area contributed by atoms with Crippen LogP contribution in [0.3, 0.4) is 0 Å². The van der Waals surface area contributed by atoms with E-state index in [-0.39, 0.29) is 21.5 Å². The van der Waals surface area contributed by atoms with Crippen LogP contribution in [-0.4, -0.2) is 42.0 Å². The Morgan fingerprint density at radius 2 is 1.70 bits per heavy atom. The van der Waals surface area contributed by atoms with E-state index in [0.717, 1.165) is 5.69 Å². The molecule has 1 atom stereocenters. The van der Waals surface area contributed by atoms with Gasteiger partial charge in [0.1, 0.15) is 4.90 Å². The lowest BCUT2D eigenvalue weighted by Gasteiger charge is -2.19. The summed E-state index contributed by atoms with van der Waals surface area (Å²) in [4.78, 5) is 16.9. The number of pyridine rings is 1. The molecule has 1 aromatic carbocycles. The fourth-order valence-corrected chi connectivity index (χ4v) is 5.03. The first kappa shape index (κ1) is 24.4. The molecule has 0 saturated heterocycles. The number of amides is 1. The molecule has 2 aromatic rings. The SMILES string of the molecule is CCN(CC)S(=O)(=O)c1ccc(SC(C)C(=O)Nc2ccc(C(C)(C)C)cc2)nc1. The van der Waals surface area contributed by atoms with Crippen LogP contribution in [-0.2, 0) is 20.2 Å². The first-order chi connectivity index (χ1) is 14.0. The maximum absolute atomic E-state index is 12.5. The highest BCUT2D eigenvalue weighted by Gasteiger charge is 2.22. The minimum absolute atomic E-state index is 0.0578. The van der Waals surface area contributed by atoms with Gasteiger partial charge in [-0.3, -0.25) is 4.79 Å². The zero-order valence-corrected chi connectivity index (χ0v) is 20.1. The molecule has 1 aromatic heterocycles. The third-order valence-corrected chi connectivity index (χ3v) is 7.82. The number of hydrogen-bond acceptors (Lipinski definition) is 5. The molecule has 164 valence electrons. The van der Waals surface area contributed by atoms with Gasteiger partial charge in [0, 0.05) is 25.0 Å². The smallest absolute Gasteiger partial charge is 0.244 e. The van der Waals surface area contributed by atoms with Crippen molar-refractivity contribution in [1.82, 2.24) is 9.29 Å². The van der Waals surface area contributed by atoms with Crippen molar-refractivity contribution in [3.8, 4) is 0 Å². The molecule has 0 aliphatic carbocycles. The predicted octanol–water partition coefficient (Wildman–Crippen LogP) is 4.53. The zero-order valence-electron chi connectivity index (χ0n) is 18.5. The van der Waals surface area contributed by atoms with Crippen LogP contribution in [0.25, 0.3) is 0 Å². The summed E-state index contributed by atoms with van der Waals surface area (Å²) in [6.45, 7) is 12.6. The van der Waals surface area contributed by atoms with Gasteiger partial charge < -0.3 is 5.32 Å². The highest BCUT2D eigenvalue weighted by atomic mass is 32.2. The number of nitrogens with zero attached hydrogens (tertiary/aromatic N) is 2. The second-order valence-corrected chi connectivity index (χ2v) is 11.3. The van der Waals surface area contributed by atoms with Crippen LogP contribution in [0.2, 0.25) is 0 Å². The number of hydrogen-bond donors (Lipinski definition) is 1. The van der Waals surface area contributed by atoms with Gasteiger partial charge in [0.2, 0.25) is 15.9 Å². The Bertz CT molecular complexity index is 947. The number of anilines is 1. The molecule has 0 aliphatic heterocycles. The Morgan fingerprint density at radius 1 is 1.10 bits per heavy atom. The van der Waals surface area contributed by atoms with Crippen LogP contribution in [0.5, 0.6) is 0 Å². The molecule has 8 heteroatoms. The molecule has 0 radical (unpaired) electrons. The van der Waals surface area contributed by atoms with E-state index in [1.165, 1.54) is 27.8 Å². The van der Waals surface area contributed by atoms with E-state index in [4.69, 9.17) is 0 Å². The molecule has 1 unspecified atom stereocenters. The van der Waals surface area contributed by atoms with Gasteiger partial charge in [0.05, 0.1) is 10.3 Å². The zero-order chi connectivity index (χ0) is 22.5. The largest absolute Gasteiger partial charge is 0.325 e. The number of carbonyl (C=O) groups excluding carboxylic acids is 1. The topological polar surface area (TPSA) is 79.4 Å². The van der Waals surface area contributed by atoms with Crippen molar-refractivity contribution in [1.29, 1.82) is 0 Å². The number of thioether (sulfide) groups is 1. The lowest BCUT2D eigenvalue weighted by atomic mass is 9.87. The van der Waals surface area contributed by atoms with Crippen LogP contribution in [0.15, 0.2) is 52.5 Å². The Kier molecular flexibility index (Phi) is 8.07. The molecule has 0 bridgehead atoms. The molecule has 0 saturated carbocycles. The molecule has 1 N–H and O–H groups in total. The Balaban J connectivity index is 2.02. The molecule has 0 aliphatic rings. The van der Waals surface area contributed by atoms with Gasteiger partial charge in [0.15, 0.2) is 0 Å². The molecule has 6 nitrogen and oxygen atoms in total. The van der Waals surface area contributed by atoms with Crippen LogP contribution in [0.4, 0.5) is 5.69 Å². The van der Waals surface area contributed by atoms with Gasteiger partial charge in [-0.1, -0.05) is 58.5 Å². The second kappa shape index (κ2) is 9.94. The van der Waals surface area contributed by atoms with Crippen molar-refractivity contribution in [2.45, 2.75) is 62.1 Å². The molecule has 0 fully saturated rings. The fraction of sp³-hybridized carbons (Fsp3) is 0.455. The summed E-state index contributed by atoms with van der Waals surface area (Å²) in [5.74, 6) is -0.134. The predicted molar refractivity (Wildman–Crippen MR) is 123 cm³/mol. The molecule has 0 spiro atoms. The molecule has 30 heavy (non-hydrogen) atoms. The van der Waals surface area contributed by atoms with Gasteiger partial charge >= 0.3 is 0 Å². The van der Waals surface area contributed by atoms with Crippen LogP contribution in [0.1, 0.15) is 47.1 Å². The number of benzene rings is 1. The Labute approximate surface area is 184 Å². The lowest BCUT2D eigenvalue weighted by molar-refractivity contribution is -0.115. The summed E-state index contributed by atoms with van der Waals surface area (Å²) in [5.41, 5.74) is 2.00. The van der Waals surface area contributed by atoms with Crippen molar-refractivity contribution in [3.05, 3.63) is 48.2 Å². The highest BCUT2D eigenvalue weighted by Crippen LogP contribution is 2.26. The summed E-state index contributed by atoms with van der Waals surface area (Å²) < 4.78 is 26.5. The van der Waals surface area contributed by atoms with Crippen molar-refractivity contribution < 1.29 is 13.2 Å². The Hall–Kier alpha value is -1.90. The van der Waals surface area contributed by atoms with Crippen LogP contribution in [0, 0.1) is 0 Å². The van der Waals surface area contributed by atoms with Crippen molar-refractivity contribution in [2.75, 3.05) is 18.4 Å². The van der Waals surface area contributed by atoms with E-state index in [1.54, 1.807) is 32.9 Å². The average Bonchev–Trinajstić information content (AvgIpc) is 2.68. The summed E-state index contributed by atoms with van der Waals surface area (Å²) in [6, 6.07) is 11.0. The number of carbonyl (C=O) groups is 1. The normalized spacial score (nSPS) is 13.3. The maximum Gasteiger partial charge on any atom is 0.244 e. The summed E-state index contributed by atoms with van der Waals surface area (Å²) in [5, 5.41) is 3.13. The van der Waals surface area contributed by atoms with Gasteiger partial charge in [0.25, 0.3) is 0 Å². The lowest BCUT2D eigenvalue weighted by Crippen LogP contribution is -2.30. The van der Waals surface area contributed by atoms with Gasteiger partial charge in [-0.05, 0) is 42.2 Å². The number of rotatable bonds is 8. The van der Waals surface area contributed by atoms with Crippen molar-refractivity contribution in [2.24, 2.45) is 0 Å². The van der Waals surface area contributed by atoms with E-state index < -0.39 is 10.0 Å². The second-order valence-electron chi connectivity index (χ2n) is 8.00. The third kappa shape index (κ3) is 6.06. The van der Waals surface area contributed by atoms with E-state index >= 15 is 0 Å². The number of nitrogens with one attached hydrogen (secondary N) is 1. The van der Waals surface area contributed by atoms with Gasteiger partial charge in [-0.15, -0.1) is 0 Å². The first-order valence-corrected chi connectivity index (χ1v) is 12.3. The van der Waals surface area contributed by atoms with E-state index in [2.05, 4.69) is 31.1 Å². The number of sulfonamides is 1. The molecule has 1 heterocycles. The fourth-order valence-electron chi connectivity index (χ4n) is 2.83. The Morgan fingerprint density at radius 3 is 2.17 bits per heavy atom. The average molecular weight is 450 g/mol. The molecule has 1 amide bonds. The third-order valence-electron chi connectivity index (χ3n) is 4.74. The minimum Gasteiger partial charge on any atom is -0.325 e. The van der Waals surface area contributed by atoms with Gasteiger partial charge in [-0.2, -0.15) is 4.31 Å². The maximum atomic E-state index is 12.5. The van der Waals surface area contributed by atoms with E-state index in [0.29, 0.717) is 18.1 Å². The summed E-state index contributed by atoms with van der Waals surface area (Å²) in [7, 11) is -3.54. The highest BCUT2D eigenvalue weighted by molar-refractivity contribution is 8.00. The summed E-state index contributed by atoms with van der Waals surface area (Å²) >= 11 is 1.29. The monoisotopic (exact) mass is 449 g/mol. The van der Waals surface area contributed by atoms with Crippen LogP contribution >= 0.6 is 11.8 Å². The van der Waals surface area contributed by atoms with E-state index in [9.17, 15) is 13.2 Å². The molecular weight excluding hydrogens is 418 g/mol. The van der Waals surface area contributed by atoms with Crippen molar-refractivity contribution in [3.63, 3.8) is 0 Å². The minimum atomic E-state index is -3.54. The standard InChI is InChI=1S/C22H31N3O3S2/c1-7-25(8-2)30(27,28)19-13-14-20(23-15-19)29-16(3)21(26)24-18-11-9-17(10-12-18)22(4,5)6/h9-16H,7-8H2,1-6H3,(H,24,26). The quantitative estimate of drug-likeness (QED) is 0.599. The van der Waals surface area contributed by atoms with Gasteiger partial charge in [-0.25, -0.2) is 13.4 Å². The van der Waals surface area contributed by atoms with Crippen LogP contribution < -0.4 is 5.32 Å². The van der Waals surface area contributed by atoms with Crippen molar-refractivity contribution >= 4 is 33.4 Å².